The molecule has 2 heterocycles. The van der Waals surface area contributed by atoms with Gasteiger partial charge in [0.05, 0.1) is 5.52 Å². The van der Waals surface area contributed by atoms with E-state index in [1.165, 1.54) is 0 Å². The monoisotopic (exact) mass is 344 g/mol. The molecule has 0 fully saturated rings. The third-order valence-corrected chi connectivity index (χ3v) is 4.60. The van der Waals surface area contributed by atoms with Gasteiger partial charge in [0.25, 0.3) is 5.91 Å². The van der Waals surface area contributed by atoms with Gasteiger partial charge < -0.3 is 15.6 Å². The zero-order valence-electron chi connectivity index (χ0n) is 14.6. The standard InChI is InChI=1S/C21H20N4O/c1-2-25-10-9-16-12-17(5-7-19(16)25)21(26)23-13-14-3-4-15-6-8-20(22)24-18(15)11-14/h3-12H,2,13H2,1H3,(H2,22,24)(H,23,26). The van der Waals surface area contributed by atoms with Gasteiger partial charge in [-0.2, -0.15) is 0 Å². The summed E-state index contributed by atoms with van der Waals surface area (Å²) in [7, 11) is 0. The Balaban J connectivity index is 1.51. The highest BCUT2D eigenvalue weighted by Crippen LogP contribution is 2.18. The minimum atomic E-state index is -0.0863. The van der Waals surface area contributed by atoms with E-state index in [-0.39, 0.29) is 5.91 Å². The number of nitrogens with one attached hydrogen (secondary N) is 1. The number of benzene rings is 2. The van der Waals surface area contributed by atoms with Gasteiger partial charge in [-0.1, -0.05) is 12.1 Å². The first kappa shape index (κ1) is 16.1. The van der Waals surface area contributed by atoms with E-state index in [1.807, 2.05) is 54.7 Å². The van der Waals surface area contributed by atoms with Gasteiger partial charge >= 0.3 is 0 Å². The van der Waals surface area contributed by atoms with Gasteiger partial charge in [-0.3, -0.25) is 4.79 Å². The van der Waals surface area contributed by atoms with E-state index >= 15 is 0 Å². The molecule has 4 aromatic rings. The number of nitrogens with zero attached hydrogens (tertiary/aromatic N) is 2. The number of amides is 1. The highest BCUT2D eigenvalue weighted by molar-refractivity contribution is 5.98. The van der Waals surface area contributed by atoms with Crippen molar-refractivity contribution in [2.75, 3.05) is 5.73 Å². The molecule has 1 amide bonds. The zero-order valence-corrected chi connectivity index (χ0v) is 14.6. The molecule has 5 heteroatoms. The Kier molecular flexibility index (Phi) is 4.05. The number of carbonyl (C=O) groups excluding carboxylic acids is 1. The smallest absolute Gasteiger partial charge is 0.251 e. The lowest BCUT2D eigenvalue weighted by Gasteiger charge is -2.08. The molecule has 130 valence electrons. The maximum Gasteiger partial charge on any atom is 0.251 e. The van der Waals surface area contributed by atoms with Crippen LogP contribution in [0.4, 0.5) is 5.82 Å². The molecule has 0 spiro atoms. The average Bonchev–Trinajstić information content (AvgIpc) is 3.08. The number of hydrogen-bond acceptors (Lipinski definition) is 3. The number of pyridine rings is 1. The Morgan fingerprint density at radius 1 is 1.08 bits per heavy atom. The molecule has 0 unspecified atom stereocenters. The highest BCUT2D eigenvalue weighted by atomic mass is 16.1. The first-order valence-corrected chi connectivity index (χ1v) is 8.66. The first-order valence-electron chi connectivity index (χ1n) is 8.66. The predicted molar refractivity (Wildman–Crippen MR) is 105 cm³/mol. The van der Waals surface area contributed by atoms with Crippen LogP contribution in [-0.4, -0.2) is 15.5 Å². The fourth-order valence-electron chi connectivity index (χ4n) is 3.19. The van der Waals surface area contributed by atoms with Gasteiger partial charge in [0, 0.05) is 41.1 Å². The van der Waals surface area contributed by atoms with Crippen molar-refractivity contribution in [3.63, 3.8) is 0 Å². The number of aryl methyl sites for hydroxylation is 1. The minimum absolute atomic E-state index is 0.0863. The Hall–Kier alpha value is -3.34. The molecule has 0 aliphatic heterocycles. The summed E-state index contributed by atoms with van der Waals surface area (Å²) in [6.07, 6.45) is 2.04. The van der Waals surface area contributed by atoms with Gasteiger partial charge in [-0.25, -0.2) is 4.98 Å². The van der Waals surface area contributed by atoms with Crippen molar-refractivity contribution < 1.29 is 4.79 Å². The summed E-state index contributed by atoms with van der Waals surface area (Å²) in [6.45, 7) is 3.46. The second-order valence-corrected chi connectivity index (χ2v) is 6.32. The molecule has 0 aliphatic rings. The fourth-order valence-corrected chi connectivity index (χ4v) is 3.19. The normalized spacial score (nSPS) is 11.1. The molecule has 0 saturated heterocycles. The first-order chi connectivity index (χ1) is 12.6. The summed E-state index contributed by atoms with van der Waals surface area (Å²) in [6, 6.07) is 17.5. The molecule has 0 atom stereocenters. The maximum absolute atomic E-state index is 12.5. The molecule has 3 N–H and O–H groups in total. The highest BCUT2D eigenvalue weighted by Gasteiger charge is 2.08. The van der Waals surface area contributed by atoms with E-state index in [4.69, 9.17) is 5.73 Å². The fraction of sp³-hybridized carbons (Fsp3) is 0.143. The number of carbonyl (C=O) groups is 1. The minimum Gasteiger partial charge on any atom is -0.384 e. The average molecular weight is 344 g/mol. The number of rotatable bonds is 4. The zero-order chi connectivity index (χ0) is 18.1. The van der Waals surface area contributed by atoms with Crippen LogP contribution in [0.15, 0.2) is 60.8 Å². The van der Waals surface area contributed by atoms with Crippen molar-refractivity contribution in [1.82, 2.24) is 14.9 Å². The molecule has 2 aromatic carbocycles. The van der Waals surface area contributed by atoms with Gasteiger partial charge in [-0.05, 0) is 55.0 Å². The van der Waals surface area contributed by atoms with Crippen molar-refractivity contribution in [2.24, 2.45) is 0 Å². The Morgan fingerprint density at radius 3 is 2.77 bits per heavy atom. The third-order valence-electron chi connectivity index (χ3n) is 4.60. The lowest BCUT2D eigenvalue weighted by atomic mass is 10.1. The summed E-state index contributed by atoms with van der Waals surface area (Å²) in [4.78, 5) is 16.8. The van der Waals surface area contributed by atoms with Crippen molar-refractivity contribution in [3.8, 4) is 0 Å². The second kappa shape index (κ2) is 6.52. The molecule has 26 heavy (non-hydrogen) atoms. The molecule has 4 rings (SSSR count). The van der Waals surface area contributed by atoms with Gasteiger partial charge in [0.1, 0.15) is 5.82 Å². The number of hydrogen-bond donors (Lipinski definition) is 2. The maximum atomic E-state index is 12.5. The summed E-state index contributed by atoms with van der Waals surface area (Å²) in [5.41, 5.74) is 9.37. The van der Waals surface area contributed by atoms with Gasteiger partial charge in [0.15, 0.2) is 0 Å². The van der Waals surface area contributed by atoms with Crippen LogP contribution >= 0.6 is 0 Å². The quantitative estimate of drug-likeness (QED) is 0.592. The number of fused-ring (bicyclic) bond motifs is 2. The third kappa shape index (κ3) is 2.99. The van der Waals surface area contributed by atoms with Crippen molar-refractivity contribution >= 4 is 33.5 Å². The topological polar surface area (TPSA) is 72.9 Å². The molecule has 5 nitrogen and oxygen atoms in total. The van der Waals surface area contributed by atoms with Crippen LogP contribution < -0.4 is 11.1 Å². The number of aromatic nitrogens is 2. The van der Waals surface area contributed by atoms with Crippen LogP contribution in [0.3, 0.4) is 0 Å². The second-order valence-electron chi connectivity index (χ2n) is 6.32. The van der Waals surface area contributed by atoms with E-state index in [0.717, 1.165) is 33.9 Å². The van der Waals surface area contributed by atoms with Crippen molar-refractivity contribution in [1.29, 1.82) is 0 Å². The van der Waals surface area contributed by atoms with Crippen molar-refractivity contribution in [2.45, 2.75) is 20.0 Å². The molecule has 0 radical (unpaired) electrons. The Labute approximate surface area is 151 Å². The van der Waals surface area contributed by atoms with Crippen LogP contribution in [0.2, 0.25) is 0 Å². The molecule has 0 bridgehead atoms. The molecule has 2 aromatic heterocycles. The van der Waals surface area contributed by atoms with E-state index in [9.17, 15) is 4.79 Å². The van der Waals surface area contributed by atoms with Crippen LogP contribution in [0.25, 0.3) is 21.8 Å². The van der Waals surface area contributed by atoms with E-state index in [1.54, 1.807) is 6.07 Å². The van der Waals surface area contributed by atoms with Crippen molar-refractivity contribution in [3.05, 3.63) is 71.9 Å². The summed E-state index contributed by atoms with van der Waals surface area (Å²) >= 11 is 0. The van der Waals surface area contributed by atoms with Crippen LogP contribution in [0.5, 0.6) is 0 Å². The van der Waals surface area contributed by atoms with Gasteiger partial charge in [0.2, 0.25) is 0 Å². The molecular weight excluding hydrogens is 324 g/mol. The summed E-state index contributed by atoms with van der Waals surface area (Å²) < 4.78 is 2.16. The number of anilines is 1. The van der Waals surface area contributed by atoms with Crippen LogP contribution in [-0.2, 0) is 13.1 Å². The van der Waals surface area contributed by atoms with E-state index < -0.39 is 0 Å². The summed E-state index contributed by atoms with van der Waals surface area (Å²) in [5, 5.41) is 5.08. The largest absolute Gasteiger partial charge is 0.384 e. The molecular formula is C21H20N4O. The predicted octanol–water partition coefficient (Wildman–Crippen LogP) is 3.72. The van der Waals surface area contributed by atoms with E-state index in [2.05, 4.69) is 21.8 Å². The number of nitrogen functional groups attached to an aromatic ring is 1. The van der Waals surface area contributed by atoms with E-state index in [0.29, 0.717) is 17.9 Å². The van der Waals surface area contributed by atoms with Crippen LogP contribution in [0, 0.1) is 0 Å². The SMILES string of the molecule is CCn1ccc2cc(C(=O)NCc3ccc4ccc(N)nc4c3)ccc21. The number of nitrogens with two attached hydrogens (primary N) is 1. The molecule has 0 aliphatic carbocycles. The molecule has 0 saturated carbocycles. The Morgan fingerprint density at radius 2 is 1.92 bits per heavy atom. The van der Waals surface area contributed by atoms with Crippen LogP contribution in [0.1, 0.15) is 22.8 Å². The van der Waals surface area contributed by atoms with Gasteiger partial charge in [-0.15, -0.1) is 0 Å². The lowest BCUT2D eigenvalue weighted by molar-refractivity contribution is 0.0951. The lowest BCUT2D eigenvalue weighted by Crippen LogP contribution is -2.22. The Bertz CT molecular complexity index is 1110. The summed E-state index contributed by atoms with van der Waals surface area (Å²) in [5.74, 6) is 0.405.